The Morgan fingerprint density at radius 3 is 2.70 bits per heavy atom. The maximum absolute atomic E-state index is 13.7. The van der Waals surface area contributed by atoms with Gasteiger partial charge < -0.3 is 14.9 Å². The van der Waals surface area contributed by atoms with Crippen LogP contribution in [0.5, 0.6) is 11.5 Å². The number of pyridine rings is 1. The van der Waals surface area contributed by atoms with Crippen molar-refractivity contribution in [1.82, 2.24) is 19.6 Å². The Labute approximate surface area is 259 Å². The van der Waals surface area contributed by atoms with E-state index in [-0.39, 0.29) is 40.3 Å². The number of aliphatic hydroxyl groups excluding tert-OH is 1. The number of carbonyl (C=O) groups is 2. The zero-order valence-corrected chi connectivity index (χ0v) is 25.3. The van der Waals surface area contributed by atoms with E-state index in [9.17, 15) is 19.8 Å². The Morgan fingerprint density at radius 1 is 1.12 bits per heavy atom. The van der Waals surface area contributed by atoms with E-state index >= 15 is 0 Å². The molecule has 2 aromatic carbocycles. The van der Waals surface area contributed by atoms with Crippen LogP contribution in [0.2, 0.25) is 5.02 Å². The smallest absolute Gasteiger partial charge is 0.301 e. The number of hydrogen-bond donors (Lipinski definition) is 2. The van der Waals surface area contributed by atoms with Crippen LogP contribution in [0.3, 0.4) is 0 Å². The Hall–Kier alpha value is -4.39. The highest BCUT2D eigenvalue weighted by Gasteiger charge is 2.49. The average Bonchev–Trinajstić information content (AvgIpc) is 3.67. The molecule has 1 unspecified atom stereocenters. The molecule has 2 N–H and O–H groups in total. The molecule has 3 aromatic heterocycles. The fraction of sp³-hybridized carbons (Fsp3) is 0.167. The van der Waals surface area contributed by atoms with Gasteiger partial charge in [0.15, 0.2) is 21.6 Å². The summed E-state index contributed by atoms with van der Waals surface area (Å²) in [5, 5.41) is 31.4. The number of aliphatic hydroxyl groups is 1. The van der Waals surface area contributed by atoms with Crippen molar-refractivity contribution in [3.63, 3.8) is 0 Å². The van der Waals surface area contributed by atoms with Gasteiger partial charge in [0.25, 0.3) is 5.78 Å². The van der Waals surface area contributed by atoms with Gasteiger partial charge in [0, 0.05) is 17.0 Å². The molecule has 1 fully saturated rings. The fourth-order valence-electron chi connectivity index (χ4n) is 4.96. The number of aromatic nitrogens is 4. The van der Waals surface area contributed by atoms with E-state index in [1.807, 2.05) is 30.3 Å². The number of ether oxygens (including phenoxy) is 1. The normalized spacial score (nSPS) is 16.3. The zero-order valence-electron chi connectivity index (χ0n) is 22.9. The second kappa shape index (κ2) is 11.7. The molecular formula is C30H24ClN5O5S2. The summed E-state index contributed by atoms with van der Waals surface area (Å²) in [7, 11) is 0. The molecule has 10 nitrogen and oxygen atoms in total. The molecule has 13 heteroatoms. The van der Waals surface area contributed by atoms with E-state index in [1.165, 1.54) is 22.7 Å². The lowest BCUT2D eigenvalue weighted by Gasteiger charge is -2.23. The number of amides is 1. The molecule has 0 aliphatic carbocycles. The Kier molecular flexibility index (Phi) is 7.82. The van der Waals surface area contributed by atoms with Gasteiger partial charge in [0.05, 0.1) is 23.9 Å². The number of fused-ring (bicyclic) bond motifs is 1. The largest absolute Gasteiger partial charge is 0.505 e. The monoisotopic (exact) mass is 633 g/mol. The lowest BCUT2D eigenvalue weighted by atomic mass is 9.96. The summed E-state index contributed by atoms with van der Waals surface area (Å²) >= 11 is 8.84. The molecule has 1 aliphatic heterocycles. The molecule has 5 aromatic rings. The minimum Gasteiger partial charge on any atom is -0.505 e. The number of nitrogens with zero attached hydrogens (tertiary/aromatic N) is 5. The Morgan fingerprint density at radius 2 is 1.91 bits per heavy atom. The first-order chi connectivity index (χ1) is 20.8. The minimum absolute atomic E-state index is 0.102. The van der Waals surface area contributed by atoms with Gasteiger partial charge in [-0.05, 0) is 55.3 Å². The topological polar surface area (TPSA) is 130 Å². The number of carbonyl (C=O) groups excluding carboxylic acids is 2. The first-order valence-corrected chi connectivity index (χ1v) is 15.4. The molecule has 0 bridgehead atoms. The molecule has 1 amide bonds. The molecule has 6 rings (SSSR count). The number of anilines is 1. The summed E-state index contributed by atoms with van der Waals surface area (Å²) in [6, 6.07) is 16.3. The molecule has 0 spiro atoms. The second-order valence-corrected chi connectivity index (χ2v) is 12.1. The number of ketones is 1. The fourth-order valence-corrected chi connectivity index (χ4v) is 7.11. The quantitative estimate of drug-likeness (QED) is 0.0677. The van der Waals surface area contributed by atoms with Crippen molar-refractivity contribution < 1.29 is 24.5 Å². The van der Waals surface area contributed by atoms with Gasteiger partial charge in [0.2, 0.25) is 5.13 Å². The predicted molar refractivity (Wildman–Crippen MR) is 165 cm³/mol. The van der Waals surface area contributed by atoms with E-state index in [0.717, 1.165) is 16.9 Å². The van der Waals surface area contributed by atoms with Crippen molar-refractivity contribution in [2.45, 2.75) is 30.0 Å². The van der Waals surface area contributed by atoms with Crippen LogP contribution in [0, 0.1) is 6.92 Å². The Bertz CT molecular complexity index is 1920. The number of thioether (sulfide) groups is 1. The van der Waals surface area contributed by atoms with Gasteiger partial charge in [-0.1, -0.05) is 65.0 Å². The summed E-state index contributed by atoms with van der Waals surface area (Å²) < 4.78 is 7.82. The SMILES string of the molecule is CCOc1cc(C2C(=C(O)c3c(C)nc4ccccn34)C(=O)C(=O)N2c2nnc(SCc3ccccc3Cl)s2)ccc1O. The van der Waals surface area contributed by atoms with Crippen molar-refractivity contribution in [2.24, 2.45) is 0 Å². The number of phenolic OH excluding ortho intramolecular Hbond substituents is 1. The Balaban J connectivity index is 1.47. The standard InChI is InChI=1S/C30H24ClN5O5S2/c1-3-41-21-14-17(11-12-20(21)37)25-23(26(38)24-16(2)32-22-10-6-7-13-35(22)24)27(39)28(40)36(25)29-33-34-30(43-29)42-15-18-8-4-5-9-19(18)31/h4-14,25,37-38H,3,15H2,1-2H3. The van der Waals surface area contributed by atoms with Gasteiger partial charge in [-0.2, -0.15) is 0 Å². The van der Waals surface area contributed by atoms with Crippen LogP contribution in [0.4, 0.5) is 5.13 Å². The number of benzene rings is 2. The van der Waals surface area contributed by atoms with Crippen LogP contribution in [0.1, 0.15) is 35.5 Å². The number of aromatic hydroxyl groups is 1. The third kappa shape index (κ3) is 5.22. The van der Waals surface area contributed by atoms with E-state index in [4.69, 9.17) is 16.3 Å². The molecule has 0 radical (unpaired) electrons. The number of halogens is 1. The van der Waals surface area contributed by atoms with Gasteiger partial charge >= 0.3 is 5.91 Å². The number of Topliss-reactive ketones (excluding diaryl/α,β-unsaturated/α-hetero) is 1. The second-order valence-electron chi connectivity index (χ2n) is 9.53. The molecule has 1 saturated heterocycles. The third-order valence-electron chi connectivity index (χ3n) is 6.88. The van der Waals surface area contributed by atoms with Crippen LogP contribution in [0.25, 0.3) is 11.4 Å². The van der Waals surface area contributed by atoms with Gasteiger partial charge in [0.1, 0.15) is 11.3 Å². The molecule has 43 heavy (non-hydrogen) atoms. The summed E-state index contributed by atoms with van der Waals surface area (Å²) in [5.74, 6) is -1.55. The highest BCUT2D eigenvalue weighted by atomic mass is 35.5. The number of hydrogen-bond acceptors (Lipinski definition) is 10. The van der Waals surface area contributed by atoms with Gasteiger partial charge in [-0.25, -0.2) is 4.98 Å². The van der Waals surface area contributed by atoms with Gasteiger partial charge in [-0.15, -0.1) is 10.2 Å². The van der Waals surface area contributed by atoms with Crippen LogP contribution < -0.4 is 9.64 Å². The summed E-state index contributed by atoms with van der Waals surface area (Å²) in [4.78, 5) is 33.1. The van der Waals surface area contributed by atoms with E-state index in [1.54, 1.807) is 48.7 Å². The third-order valence-corrected chi connectivity index (χ3v) is 9.36. The average molecular weight is 634 g/mol. The molecular weight excluding hydrogens is 610 g/mol. The molecule has 0 saturated carbocycles. The van der Waals surface area contributed by atoms with Crippen LogP contribution >= 0.6 is 34.7 Å². The first-order valence-electron chi connectivity index (χ1n) is 13.2. The molecule has 1 atom stereocenters. The highest BCUT2D eigenvalue weighted by Crippen LogP contribution is 2.46. The maximum Gasteiger partial charge on any atom is 0.301 e. The zero-order chi connectivity index (χ0) is 30.2. The summed E-state index contributed by atoms with van der Waals surface area (Å²) in [5.41, 5.74) is 2.53. The van der Waals surface area contributed by atoms with Crippen molar-refractivity contribution in [1.29, 1.82) is 0 Å². The number of phenols is 1. The van der Waals surface area contributed by atoms with Crippen molar-refractivity contribution in [3.05, 3.63) is 100.0 Å². The number of rotatable bonds is 8. The molecule has 1 aliphatic rings. The predicted octanol–water partition coefficient (Wildman–Crippen LogP) is 6.17. The molecule has 4 heterocycles. The number of aryl methyl sites for hydroxylation is 1. The van der Waals surface area contributed by atoms with E-state index in [2.05, 4.69) is 15.2 Å². The van der Waals surface area contributed by atoms with Crippen LogP contribution in [-0.2, 0) is 15.3 Å². The minimum atomic E-state index is -1.09. The maximum atomic E-state index is 13.7. The van der Waals surface area contributed by atoms with Gasteiger partial charge in [-0.3, -0.25) is 18.9 Å². The van der Waals surface area contributed by atoms with Crippen molar-refractivity contribution in [2.75, 3.05) is 11.5 Å². The lowest BCUT2D eigenvalue weighted by Crippen LogP contribution is -2.29. The summed E-state index contributed by atoms with van der Waals surface area (Å²) in [6.07, 6.45) is 1.72. The summed E-state index contributed by atoms with van der Waals surface area (Å²) in [6.45, 7) is 3.77. The van der Waals surface area contributed by atoms with E-state index < -0.39 is 17.7 Å². The van der Waals surface area contributed by atoms with Crippen LogP contribution in [-0.4, -0.2) is 48.1 Å². The van der Waals surface area contributed by atoms with Crippen molar-refractivity contribution >= 4 is 62.9 Å². The highest BCUT2D eigenvalue weighted by molar-refractivity contribution is 8.00. The lowest BCUT2D eigenvalue weighted by molar-refractivity contribution is -0.132. The number of imidazole rings is 1. The van der Waals surface area contributed by atoms with Crippen molar-refractivity contribution in [3.8, 4) is 11.5 Å². The van der Waals surface area contributed by atoms with Crippen LogP contribution in [0.15, 0.2) is 76.8 Å². The van der Waals surface area contributed by atoms with E-state index in [0.29, 0.717) is 32.0 Å². The molecule has 218 valence electrons. The first kappa shape index (κ1) is 28.7.